The number of hydrogen-bond donors (Lipinski definition) is 0. The van der Waals surface area contributed by atoms with E-state index in [2.05, 4.69) is 9.97 Å². The summed E-state index contributed by atoms with van der Waals surface area (Å²) in [4.78, 5) is 22.8. The summed E-state index contributed by atoms with van der Waals surface area (Å²) in [5, 5.41) is 0.337. The molecule has 0 spiro atoms. The van der Waals surface area contributed by atoms with Crippen molar-refractivity contribution >= 4 is 17.5 Å². The predicted octanol–water partition coefficient (Wildman–Crippen LogP) is 3.13. The van der Waals surface area contributed by atoms with Crippen molar-refractivity contribution < 1.29 is 4.79 Å². The first-order valence-corrected chi connectivity index (χ1v) is 7.22. The normalized spacial score (nSPS) is 14.8. The molecule has 5 heteroatoms. The Labute approximate surface area is 119 Å². The molecule has 0 N–H and O–H groups in total. The number of aromatic nitrogens is 2. The number of amides is 1. The fourth-order valence-electron chi connectivity index (χ4n) is 1.93. The van der Waals surface area contributed by atoms with Gasteiger partial charge in [0.05, 0.1) is 11.2 Å². The Hall–Kier alpha value is -1.16. The number of rotatable bonds is 5. The molecular weight excluding hydrogens is 262 g/mol. The smallest absolute Gasteiger partial charge is 0.274 e. The van der Waals surface area contributed by atoms with Crippen LogP contribution in [0.4, 0.5) is 0 Å². The average molecular weight is 282 g/mol. The van der Waals surface area contributed by atoms with Crippen LogP contribution in [0.3, 0.4) is 0 Å². The van der Waals surface area contributed by atoms with Crippen molar-refractivity contribution in [2.24, 2.45) is 5.92 Å². The maximum atomic E-state index is 12.5. The molecule has 0 saturated heterocycles. The molecule has 1 fully saturated rings. The van der Waals surface area contributed by atoms with E-state index < -0.39 is 0 Å². The highest BCUT2D eigenvalue weighted by molar-refractivity contribution is 6.33. The highest BCUT2D eigenvalue weighted by Crippen LogP contribution is 2.30. The number of carbonyl (C=O) groups is 1. The van der Waals surface area contributed by atoms with Crippen molar-refractivity contribution in [3.63, 3.8) is 0 Å². The third-order valence-corrected chi connectivity index (χ3v) is 3.60. The molecular formula is C14H20ClN3O. The van der Waals surface area contributed by atoms with Crippen LogP contribution in [0.15, 0.2) is 6.20 Å². The van der Waals surface area contributed by atoms with Gasteiger partial charge in [-0.15, -0.1) is 0 Å². The van der Waals surface area contributed by atoms with Gasteiger partial charge in [0, 0.05) is 19.0 Å². The van der Waals surface area contributed by atoms with E-state index in [0.29, 0.717) is 29.0 Å². The van der Waals surface area contributed by atoms with Gasteiger partial charge in [-0.1, -0.05) is 25.4 Å². The molecule has 1 heterocycles. The van der Waals surface area contributed by atoms with Crippen molar-refractivity contribution in [1.29, 1.82) is 0 Å². The Bertz CT molecular complexity index is 472. The van der Waals surface area contributed by atoms with Crippen LogP contribution in [0.1, 0.15) is 55.8 Å². The average Bonchev–Trinajstić information content (AvgIpc) is 3.19. The lowest BCUT2D eigenvalue weighted by atomic mass is 10.2. The van der Waals surface area contributed by atoms with Crippen LogP contribution >= 0.6 is 11.6 Å². The molecule has 1 aliphatic carbocycles. The van der Waals surface area contributed by atoms with E-state index in [4.69, 9.17) is 11.6 Å². The third kappa shape index (κ3) is 3.44. The lowest BCUT2D eigenvalue weighted by molar-refractivity contribution is 0.0750. The van der Waals surface area contributed by atoms with Gasteiger partial charge < -0.3 is 4.90 Å². The first kappa shape index (κ1) is 14.3. The van der Waals surface area contributed by atoms with E-state index in [1.165, 1.54) is 19.0 Å². The van der Waals surface area contributed by atoms with Crippen molar-refractivity contribution in [2.45, 2.75) is 39.5 Å². The number of nitrogens with zero attached hydrogens (tertiary/aromatic N) is 3. The fourth-order valence-corrected chi connectivity index (χ4v) is 2.10. The lowest BCUT2D eigenvalue weighted by Gasteiger charge is -2.21. The maximum absolute atomic E-state index is 12.5. The second-order valence-electron chi connectivity index (χ2n) is 5.37. The quantitative estimate of drug-likeness (QED) is 0.833. The Morgan fingerprint density at radius 1 is 1.53 bits per heavy atom. The molecule has 2 rings (SSSR count). The molecule has 0 radical (unpaired) electrons. The molecule has 1 aromatic rings. The molecule has 0 aromatic carbocycles. The van der Waals surface area contributed by atoms with Crippen LogP contribution in [-0.2, 0) is 0 Å². The van der Waals surface area contributed by atoms with E-state index in [9.17, 15) is 4.79 Å². The fraction of sp³-hybridized carbons (Fsp3) is 0.643. The van der Waals surface area contributed by atoms with Gasteiger partial charge in [0.1, 0.15) is 5.82 Å². The lowest BCUT2D eigenvalue weighted by Crippen LogP contribution is -2.33. The van der Waals surface area contributed by atoms with Crippen LogP contribution < -0.4 is 0 Å². The minimum atomic E-state index is -0.0799. The molecule has 1 aliphatic rings. The van der Waals surface area contributed by atoms with E-state index in [1.807, 2.05) is 25.7 Å². The van der Waals surface area contributed by atoms with Crippen molar-refractivity contribution in [3.05, 3.63) is 22.7 Å². The molecule has 19 heavy (non-hydrogen) atoms. The molecule has 4 nitrogen and oxygen atoms in total. The van der Waals surface area contributed by atoms with Gasteiger partial charge in [0.25, 0.3) is 5.91 Å². The third-order valence-electron chi connectivity index (χ3n) is 3.33. The second kappa shape index (κ2) is 5.87. The Morgan fingerprint density at radius 3 is 2.74 bits per heavy atom. The van der Waals surface area contributed by atoms with E-state index in [-0.39, 0.29) is 11.8 Å². The summed E-state index contributed by atoms with van der Waals surface area (Å²) in [6.45, 7) is 7.48. The minimum Gasteiger partial charge on any atom is -0.337 e. The number of hydrogen-bond acceptors (Lipinski definition) is 3. The first-order chi connectivity index (χ1) is 9.02. The van der Waals surface area contributed by atoms with Gasteiger partial charge in [-0.25, -0.2) is 9.97 Å². The molecule has 0 aliphatic heterocycles. The number of carbonyl (C=O) groups excluding carboxylic acids is 1. The molecule has 1 amide bonds. The summed E-state index contributed by atoms with van der Waals surface area (Å²) in [6, 6.07) is 0. The summed E-state index contributed by atoms with van der Waals surface area (Å²) < 4.78 is 0. The van der Waals surface area contributed by atoms with Gasteiger partial charge in [-0.3, -0.25) is 4.79 Å². The maximum Gasteiger partial charge on any atom is 0.274 e. The van der Waals surface area contributed by atoms with Crippen LogP contribution in [0.2, 0.25) is 5.02 Å². The van der Waals surface area contributed by atoms with Gasteiger partial charge in [-0.05, 0) is 25.7 Å². The summed E-state index contributed by atoms with van der Waals surface area (Å²) in [6.07, 6.45) is 3.97. The Kier molecular flexibility index (Phi) is 4.40. The minimum absolute atomic E-state index is 0.0799. The Balaban J connectivity index is 2.22. The molecule has 1 aromatic heterocycles. The topological polar surface area (TPSA) is 46.1 Å². The highest BCUT2D eigenvalue weighted by atomic mass is 35.5. The largest absolute Gasteiger partial charge is 0.337 e. The zero-order chi connectivity index (χ0) is 14.0. The molecule has 0 atom stereocenters. The summed E-state index contributed by atoms with van der Waals surface area (Å²) in [5.41, 5.74) is 0.336. The zero-order valence-corrected chi connectivity index (χ0v) is 12.4. The van der Waals surface area contributed by atoms with Crippen LogP contribution in [0.5, 0.6) is 0 Å². The van der Waals surface area contributed by atoms with Gasteiger partial charge in [-0.2, -0.15) is 0 Å². The van der Waals surface area contributed by atoms with E-state index in [1.54, 1.807) is 0 Å². The Morgan fingerprint density at radius 2 is 2.21 bits per heavy atom. The SMILES string of the molecule is CCN(CC1CC1)C(=O)c1nc(C(C)C)ncc1Cl. The molecule has 0 unspecified atom stereocenters. The standard InChI is InChI=1S/C14H20ClN3O/c1-4-18(8-10-5-6-10)14(19)12-11(15)7-16-13(17-12)9(2)3/h7,9-10H,4-6,8H2,1-3H3. The molecule has 1 saturated carbocycles. The second-order valence-corrected chi connectivity index (χ2v) is 5.77. The van der Waals surface area contributed by atoms with E-state index in [0.717, 1.165) is 6.54 Å². The monoisotopic (exact) mass is 281 g/mol. The highest BCUT2D eigenvalue weighted by Gasteiger charge is 2.28. The van der Waals surface area contributed by atoms with Gasteiger partial charge in [0.2, 0.25) is 0 Å². The number of halogens is 1. The summed E-state index contributed by atoms with van der Waals surface area (Å²) >= 11 is 6.08. The molecule has 0 bridgehead atoms. The van der Waals surface area contributed by atoms with Crippen LogP contribution in [0.25, 0.3) is 0 Å². The summed E-state index contributed by atoms with van der Waals surface area (Å²) in [7, 11) is 0. The van der Waals surface area contributed by atoms with Crippen LogP contribution in [0, 0.1) is 5.92 Å². The molecule has 104 valence electrons. The van der Waals surface area contributed by atoms with Crippen LogP contribution in [-0.4, -0.2) is 33.9 Å². The van der Waals surface area contributed by atoms with Gasteiger partial charge in [0.15, 0.2) is 5.69 Å². The summed E-state index contributed by atoms with van der Waals surface area (Å²) in [5.74, 6) is 1.43. The zero-order valence-electron chi connectivity index (χ0n) is 11.7. The van der Waals surface area contributed by atoms with E-state index >= 15 is 0 Å². The van der Waals surface area contributed by atoms with Crippen molar-refractivity contribution in [2.75, 3.05) is 13.1 Å². The van der Waals surface area contributed by atoms with Crippen molar-refractivity contribution in [1.82, 2.24) is 14.9 Å². The first-order valence-electron chi connectivity index (χ1n) is 6.84. The van der Waals surface area contributed by atoms with Gasteiger partial charge >= 0.3 is 0 Å². The predicted molar refractivity (Wildman–Crippen MR) is 75.4 cm³/mol. The van der Waals surface area contributed by atoms with Crippen molar-refractivity contribution in [3.8, 4) is 0 Å².